The van der Waals surface area contributed by atoms with E-state index in [2.05, 4.69) is 84.8 Å². The number of esters is 2. The monoisotopic (exact) mass is 1670 g/mol. The number of carbonyl (C=O) groups excluding carboxylic acids is 5. The number of nitrogens with zero attached hydrogens (tertiary/aromatic N) is 6. The number of aliphatic hydroxyl groups is 1. The van der Waals surface area contributed by atoms with E-state index in [0.29, 0.717) is 67.0 Å². The molecule has 2 aromatic heterocycles. The molecule has 3 aliphatic carbocycles. The van der Waals surface area contributed by atoms with Crippen LogP contribution in [0.5, 0.6) is 0 Å². The largest absolute Gasteiger partial charge is 1.00 e. The number of aromatic amines is 2. The van der Waals surface area contributed by atoms with Crippen LogP contribution in [0.1, 0.15) is 110 Å². The zero-order chi connectivity index (χ0) is 78.5. The summed E-state index contributed by atoms with van der Waals surface area (Å²) in [7, 11) is 0. The van der Waals surface area contributed by atoms with Gasteiger partial charge in [-0.05, 0) is 169 Å². The van der Waals surface area contributed by atoms with Crippen molar-refractivity contribution in [3.8, 4) is 0 Å². The molecule has 0 atom stereocenters. The van der Waals surface area contributed by atoms with Crippen molar-refractivity contribution in [2.45, 2.75) is 73.6 Å². The van der Waals surface area contributed by atoms with Crippen molar-refractivity contribution in [1.82, 2.24) is 19.9 Å². The quantitative estimate of drug-likeness (QED) is 0.00411. The zero-order valence-electron chi connectivity index (χ0n) is 57.8. The van der Waals surface area contributed by atoms with Gasteiger partial charge in [-0.15, -0.1) is 31.4 Å². The Hall–Kier alpha value is -9.23. The summed E-state index contributed by atoms with van der Waals surface area (Å²) in [4.78, 5) is 129. The van der Waals surface area contributed by atoms with Crippen LogP contribution in [-0.4, -0.2) is 125 Å². The van der Waals surface area contributed by atoms with Gasteiger partial charge in [0.05, 0.1) is 80.0 Å². The first-order valence-electron chi connectivity index (χ1n) is 29.7. The number of halogens is 6. The van der Waals surface area contributed by atoms with E-state index in [1.54, 1.807) is 89.2 Å². The Kier molecular flexibility index (Phi) is 54.6. The third-order valence-corrected chi connectivity index (χ3v) is 12.7. The SMILES string of the molecule is CC(=O)C1=C(N)CC(c2ccc([N+](=O)[O-])cc2)=C1.CCO.CCOC(=N)CC(=O)OCC.CCOC(=O)CC(=N)N.CC[O-].Cl.Cl.NC=O.O=C(CBr)c1ccc([N+](=O)[O-])cc1.O=P(Cl)(Cl)Cl.O=c1[nH]cnc2c1C=C(c1ccc([N+](=O)[O-])cc1)C2.O=c1[nH]cnc2c1C=C(c1ccc([N+](=O)[O-])cc1)C2.[Na+]. The van der Waals surface area contributed by atoms with E-state index in [0.717, 1.165) is 44.8 Å². The molecular formula is C64H75BrCl5N13NaO21P. The number of ether oxygens (including phenoxy) is 3. The fourth-order valence-electron chi connectivity index (χ4n) is 7.96. The molecule has 106 heavy (non-hydrogen) atoms. The van der Waals surface area contributed by atoms with Crippen LogP contribution in [0.25, 0.3) is 28.9 Å². The van der Waals surface area contributed by atoms with Crippen LogP contribution in [0.2, 0.25) is 0 Å². The molecule has 0 unspecified atom stereocenters. The van der Waals surface area contributed by atoms with E-state index >= 15 is 0 Å². The van der Waals surface area contributed by atoms with Crippen LogP contribution in [0, 0.1) is 51.3 Å². The molecule has 4 aromatic carbocycles. The van der Waals surface area contributed by atoms with E-state index in [1.807, 2.05) is 0 Å². The minimum absolute atomic E-state index is 0. The Bertz CT molecular complexity index is 4050. The van der Waals surface area contributed by atoms with Gasteiger partial charge in [0.15, 0.2) is 17.5 Å². The van der Waals surface area contributed by atoms with Crippen LogP contribution >= 0.6 is 79.7 Å². The van der Waals surface area contributed by atoms with Gasteiger partial charge < -0.3 is 51.6 Å². The van der Waals surface area contributed by atoms with Gasteiger partial charge in [-0.3, -0.25) is 89.4 Å². The Morgan fingerprint density at radius 3 is 1.17 bits per heavy atom. The number of amides is 1. The molecule has 0 bridgehead atoms. The molecule has 6 aromatic rings. The number of nitrogens with one attached hydrogen (secondary N) is 4. The maximum absolute atomic E-state index is 11.6. The Balaban J connectivity index is -0.000000573. The van der Waals surface area contributed by atoms with Crippen molar-refractivity contribution in [2.24, 2.45) is 17.2 Å². The summed E-state index contributed by atoms with van der Waals surface area (Å²) >= 11 is 16.9. The first-order valence-corrected chi connectivity index (χ1v) is 35.3. The van der Waals surface area contributed by atoms with E-state index < -0.39 is 36.8 Å². The molecule has 0 aliphatic heterocycles. The second kappa shape index (κ2) is 56.1. The number of hydrogen-bond acceptors (Lipinski definition) is 26. The van der Waals surface area contributed by atoms with Gasteiger partial charge in [0.1, 0.15) is 18.7 Å². The molecular weight excluding hydrogens is 1600 g/mol. The van der Waals surface area contributed by atoms with Crippen LogP contribution in [0.4, 0.5) is 22.7 Å². The molecule has 1 amide bonds. The number of primary amides is 1. The minimum atomic E-state index is -3.22. The van der Waals surface area contributed by atoms with Crippen LogP contribution < -0.4 is 63.0 Å². The van der Waals surface area contributed by atoms with Crippen LogP contribution in [-0.2, 0) is 50.8 Å². The standard InChI is InChI=1S/2C13H9N3O3.C13H12N2O3.C8H6BrNO3.C7H13NO3.C5H10N2O2.C2H6O.C2H5O.CH3NO.Cl3OP.2ClH.Na/c2*17-13-11-5-9(6-12(11)14-7-15-13)8-1-3-10(4-2-8)16(18)19;1-8(16)12-6-10(7-13(12)14)9-2-4-11(5-3-9)15(17)18;9-5-8(11)6-1-3-7(4-2-6)10(12)13;1-3-10-6(8)5-7(9)11-4-2;1-2-9-5(8)3-4(6)7;2*1-2-3;2-1-3;1-5(2,3)4;;;/h2*1-5,7H,6H2,(H,14,15,17);2-6H,7,14H2,1H3;1-4H,5H2;8H,3-5H2,1-2H3;2-3H2,1H3,(H3,6,7);3H,2H2,1H3;2H2,1H3;1H,(H2,2,3);;2*1H;/q;;;;;;;-1;;;;;+1. The zero-order valence-corrected chi connectivity index (χ0v) is 66.2. The molecule has 34 nitrogen and oxygen atoms in total. The second-order valence-corrected chi connectivity index (χ2v) is 26.7. The first-order chi connectivity index (χ1) is 48.5. The molecule has 0 fully saturated rings. The van der Waals surface area contributed by atoms with Gasteiger partial charge in [-0.25, -0.2) is 9.97 Å². The van der Waals surface area contributed by atoms with Gasteiger partial charge in [-0.1, -0.05) is 22.9 Å². The smallest absolute Gasteiger partial charge is 0.855 e. The average Bonchev–Trinajstić information content (AvgIpc) is 1.72. The van der Waals surface area contributed by atoms with Gasteiger partial charge in [0.2, 0.25) is 6.41 Å². The number of H-pyrrole nitrogens is 2. The van der Waals surface area contributed by atoms with E-state index in [4.69, 9.17) is 42.0 Å². The minimum Gasteiger partial charge on any atom is -0.855 e. The van der Waals surface area contributed by atoms with Gasteiger partial charge in [0.25, 0.3) is 33.9 Å². The number of fused-ring (bicyclic) bond motifs is 2. The molecule has 2 heterocycles. The number of non-ortho nitro benzene ring substituents is 4. The molecule has 0 saturated carbocycles. The Morgan fingerprint density at radius 2 is 0.915 bits per heavy atom. The molecule has 9 rings (SSSR count). The number of allylic oxidation sites excluding steroid dienone is 5. The van der Waals surface area contributed by atoms with Crippen molar-refractivity contribution >= 4 is 173 Å². The van der Waals surface area contributed by atoms with Crippen molar-refractivity contribution in [2.75, 3.05) is 38.4 Å². The number of hydrogen-bond donors (Lipinski definition) is 8. The summed E-state index contributed by atoms with van der Waals surface area (Å²) in [5, 5.41) is 69.3. The number of nitro benzene ring substituents is 4. The maximum atomic E-state index is 11.6. The van der Waals surface area contributed by atoms with E-state index in [-0.39, 0.29) is 149 Å². The number of benzene rings is 4. The molecule has 0 saturated heterocycles. The molecule has 3 aliphatic rings. The topological polar surface area (TPSA) is 563 Å². The van der Waals surface area contributed by atoms with Crippen LogP contribution in [0.15, 0.2) is 137 Å². The maximum Gasteiger partial charge on any atom is 1.00 e. The third kappa shape index (κ3) is 41.5. The summed E-state index contributed by atoms with van der Waals surface area (Å²) < 4.78 is 23.3. The summed E-state index contributed by atoms with van der Waals surface area (Å²) in [6.07, 6.45) is 9.79. The molecule has 11 N–H and O–H groups in total. The van der Waals surface area contributed by atoms with E-state index in [9.17, 15) is 73.8 Å². The number of rotatable bonds is 17. The molecule has 0 spiro atoms. The predicted octanol–water partition coefficient (Wildman–Crippen LogP) is 7.86. The number of ketones is 2. The number of carbonyl (C=O) groups is 5. The van der Waals surface area contributed by atoms with Crippen LogP contribution in [0.3, 0.4) is 0 Å². The number of Topliss-reactive ketones (excluding diaryl/α,β-unsaturated/α-hetero) is 2. The normalized spacial score (nSPS) is 11.0. The molecule has 42 heteroatoms. The summed E-state index contributed by atoms with van der Waals surface area (Å²) in [6.45, 7) is 11.3. The number of aromatic nitrogens is 4. The summed E-state index contributed by atoms with van der Waals surface area (Å²) in [5.41, 5.74) is 24.2. The summed E-state index contributed by atoms with van der Waals surface area (Å²) in [5.74, 6) is -1.20. The van der Waals surface area contributed by atoms with Gasteiger partial charge in [-0.2, -0.15) is 0 Å². The first kappa shape index (κ1) is 103. The Labute approximate surface area is 663 Å². The number of alkyl halides is 1. The number of aliphatic hydroxyl groups excluding tert-OH is 1. The van der Waals surface area contributed by atoms with Crippen molar-refractivity contribution in [1.29, 1.82) is 10.8 Å². The van der Waals surface area contributed by atoms with Crippen molar-refractivity contribution in [3.05, 3.63) is 233 Å². The second-order valence-electron chi connectivity index (χ2n) is 19.5. The number of nitrogens with two attached hydrogens (primary N) is 3. The number of amidine groups is 1. The van der Waals surface area contributed by atoms with E-state index in [1.165, 1.54) is 80.2 Å². The van der Waals surface area contributed by atoms with Crippen molar-refractivity contribution in [3.63, 3.8) is 0 Å². The third-order valence-electron chi connectivity index (χ3n) is 12.2. The fraction of sp³-hybridized carbons (Fsp3) is 0.266. The Morgan fingerprint density at radius 1 is 0.623 bits per heavy atom. The van der Waals surface area contributed by atoms with Crippen molar-refractivity contribution < 1.29 is 102 Å². The van der Waals surface area contributed by atoms with Gasteiger partial charge in [0, 0.05) is 91.2 Å². The fourth-order valence-corrected chi connectivity index (χ4v) is 8.28. The summed E-state index contributed by atoms with van der Waals surface area (Å²) in [6, 6.07) is 24.3. The average molecular weight is 1670 g/mol. The predicted molar refractivity (Wildman–Crippen MR) is 405 cm³/mol. The molecule has 0 radical (unpaired) electrons. The molecule has 570 valence electrons. The number of nitro groups is 4. The van der Waals surface area contributed by atoms with Gasteiger partial charge >= 0.3 is 46.7 Å².